The number of carboxylic acid groups (broad SMARTS) is 1. The van der Waals surface area contributed by atoms with Gasteiger partial charge in [-0.2, -0.15) is 0 Å². The molecule has 4 rings (SSSR count). The number of aryl methyl sites for hydroxylation is 1. The minimum atomic E-state index is -0.944. The summed E-state index contributed by atoms with van der Waals surface area (Å²) in [5, 5.41) is 11.5. The predicted molar refractivity (Wildman–Crippen MR) is 110 cm³/mol. The molecule has 0 spiro atoms. The number of nitrogens with zero attached hydrogens (tertiary/aromatic N) is 1. The first-order valence-electron chi connectivity index (χ1n) is 9.33. The zero-order valence-electron chi connectivity index (χ0n) is 15.6. The lowest BCUT2D eigenvalue weighted by atomic mass is 9.98. The highest BCUT2D eigenvalue weighted by Crippen LogP contribution is 2.35. The second-order valence-corrected chi connectivity index (χ2v) is 7.66. The molecule has 6 nitrogen and oxygen atoms in total. The topological polar surface area (TPSA) is 80.0 Å². The molecule has 1 N–H and O–H groups in total. The number of thiophene rings is 1. The molecule has 1 aliphatic heterocycles. The number of anilines is 1. The zero-order valence-corrected chi connectivity index (χ0v) is 16.4. The summed E-state index contributed by atoms with van der Waals surface area (Å²) >= 11 is 1.32. The van der Waals surface area contributed by atoms with E-state index in [9.17, 15) is 14.7 Å². The van der Waals surface area contributed by atoms with Crippen molar-refractivity contribution in [2.24, 2.45) is 0 Å². The Hall–Kier alpha value is -2.64. The molecule has 0 aliphatic carbocycles. The van der Waals surface area contributed by atoms with Crippen molar-refractivity contribution < 1.29 is 19.1 Å². The third-order valence-corrected chi connectivity index (χ3v) is 5.90. The maximum atomic E-state index is 12.6. The molecule has 2 aromatic heterocycles. The second-order valence-electron chi connectivity index (χ2n) is 6.78. The fourth-order valence-corrected chi connectivity index (χ4v) is 4.41. The van der Waals surface area contributed by atoms with Crippen LogP contribution in [-0.2, 0) is 11.2 Å². The molecule has 28 heavy (non-hydrogen) atoms. The average molecular weight is 399 g/mol. The van der Waals surface area contributed by atoms with Gasteiger partial charge in [-0.1, -0.05) is 25.5 Å². The summed E-state index contributed by atoms with van der Waals surface area (Å²) in [6.45, 7) is 4.55. The Bertz CT molecular complexity index is 1080. The maximum absolute atomic E-state index is 12.6. The number of rotatable bonds is 5. The number of fused-ring (bicyclic) bond motifs is 1. The number of carbonyl (C=O) groups is 1. The molecule has 3 aromatic rings. The number of carboxylic acids is 1. The molecule has 1 aromatic carbocycles. The van der Waals surface area contributed by atoms with Crippen LogP contribution in [0.2, 0.25) is 0 Å². The molecule has 1 fully saturated rings. The maximum Gasteiger partial charge on any atom is 0.335 e. The van der Waals surface area contributed by atoms with Crippen LogP contribution in [0.25, 0.3) is 21.4 Å². The van der Waals surface area contributed by atoms with Crippen LogP contribution in [-0.4, -0.2) is 37.4 Å². The van der Waals surface area contributed by atoms with Crippen LogP contribution in [0.5, 0.6) is 0 Å². The standard InChI is InChI=1S/C21H21NO5S/c1-2-3-13-4-5-14(10-15(13)21(24)25)16-12-28-20-17(23)11-18(27-19(16)20)22-6-8-26-9-7-22/h4-5,10-12H,2-3,6-9H2,1H3,(H,24,25). The minimum absolute atomic E-state index is 0.0833. The van der Waals surface area contributed by atoms with Crippen LogP contribution in [0.4, 0.5) is 5.88 Å². The Kier molecular flexibility index (Phi) is 5.19. The summed E-state index contributed by atoms with van der Waals surface area (Å²) in [6.07, 6.45) is 1.58. The lowest BCUT2D eigenvalue weighted by Crippen LogP contribution is -2.36. The SMILES string of the molecule is CCCc1ccc(-c2csc3c(=O)cc(N4CCOCC4)oc23)cc1C(=O)O. The van der Waals surface area contributed by atoms with Crippen molar-refractivity contribution in [3.05, 3.63) is 51.0 Å². The van der Waals surface area contributed by atoms with Gasteiger partial charge in [0.2, 0.25) is 5.43 Å². The van der Waals surface area contributed by atoms with Crippen LogP contribution in [0.3, 0.4) is 0 Å². The minimum Gasteiger partial charge on any atom is -0.478 e. The first-order valence-corrected chi connectivity index (χ1v) is 10.2. The summed E-state index contributed by atoms with van der Waals surface area (Å²) in [5.74, 6) is -0.415. The molecule has 0 atom stereocenters. The highest BCUT2D eigenvalue weighted by molar-refractivity contribution is 7.17. The van der Waals surface area contributed by atoms with Crippen molar-refractivity contribution in [2.45, 2.75) is 19.8 Å². The molecule has 146 valence electrons. The van der Waals surface area contributed by atoms with E-state index >= 15 is 0 Å². The predicted octanol–water partition coefficient (Wildman–Crippen LogP) is 4.01. The van der Waals surface area contributed by atoms with E-state index in [1.807, 2.05) is 29.3 Å². The van der Waals surface area contributed by atoms with Gasteiger partial charge in [0.15, 0.2) is 11.5 Å². The number of hydrogen-bond acceptors (Lipinski definition) is 6. The van der Waals surface area contributed by atoms with Crippen molar-refractivity contribution in [3.63, 3.8) is 0 Å². The molecule has 3 heterocycles. The van der Waals surface area contributed by atoms with Crippen molar-refractivity contribution in [1.29, 1.82) is 0 Å². The Labute approximate surface area is 166 Å². The van der Waals surface area contributed by atoms with E-state index in [1.54, 1.807) is 6.07 Å². The molecule has 1 aliphatic rings. The van der Waals surface area contributed by atoms with Crippen molar-refractivity contribution in [1.82, 2.24) is 0 Å². The monoisotopic (exact) mass is 399 g/mol. The third kappa shape index (κ3) is 3.43. The fourth-order valence-electron chi connectivity index (χ4n) is 3.50. The van der Waals surface area contributed by atoms with Gasteiger partial charge in [0.1, 0.15) is 4.70 Å². The Balaban J connectivity index is 1.83. The summed E-state index contributed by atoms with van der Waals surface area (Å²) in [7, 11) is 0. The molecular formula is C21H21NO5S. The number of hydrogen-bond donors (Lipinski definition) is 1. The van der Waals surface area contributed by atoms with Gasteiger partial charge in [-0.05, 0) is 23.6 Å². The normalized spacial score (nSPS) is 14.5. The zero-order chi connectivity index (χ0) is 19.7. The Morgan fingerprint density at radius 2 is 2.04 bits per heavy atom. The van der Waals surface area contributed by atoms with E-state index in [1.165, 1.54) is 17.4 Å². The molecule has 0 unspecified atom stereocenters. The van der Waals surface area contributed by atoms with Gasteiger partial charge in [0.05, 0.1) is 18.8 Å². The number of morpholine rings is 1. The van der Waals surface area contributed by atoms with Crippen LogP contribution in [0.1, 0.15) is 29.3 Å². The average Bonchev–Trinajstić information content (AvgIpc) is 3.13. The lowest BCUT2D eigenvalue weighted by molar-refractivity contribution is 0.0695. The van der Waals surface area contributed by atoms with Gasteiger partial charge in [-0.3, -0.25) is 4.79 Å². The van der Waals surface area contributed by atoms with Gasteiger partial charge < -0.3 is 19.2 Å². The van der Waals surface area contributed by atoms with Crippen LogP contribution >= 0.6 is 11.3 Å². The van der Waals surface area contributed by atoms with Gasteiger partial charge >= 0.3 is 5.97 Å². The van der Waals surface area contributed by atoms with Gasteiger partial charge in [-0.25, -0.2) is 4.79 Å². The Morgan fingerprint density at radius 1 is 1.25 bits per heavy atom. The molecular weight excluding hydrogens is 378 g/mol. The molecule has 0 amide bonds. The Morgan fingerprint density at radius 3 is 2.75 bits per heavy atom. The summed E-state index contributed by atoms with van der Waals surface area (Å²) < 4.78 is 12.0. The van der Waals surface area contributed by atoms with Gasteiger partial charge in [0.25, 0.3) is 0 Å². The quantitative estimate of drug-likeness (QED) is 0.698. The van der Waals surface area contributed by atoms with Crippen molar-refractivity contribution >= 4 is 33.5 Å². The van der Waals surface area contributed by atoms with Crippen LogP contribution in [0, 0.1) is 0 Å². The largest absolute Gasteiger partial charge is 0.478 e. The van der Waals surface area contributed by atoms with E-state index in [-0.39, 0.29) is 5.43 Å². The van der Waals surface area contributed by atoms with Crippen LogP contribution < -0.4 is 10.3 Å². The van der Waals surface area contributed by atoms with E-state index in [4.69, 9.17) is 9.15 Å². The number of ether oxygens (including phenoxy) is 1. The highest BCUT2D eigenvalue weighted by atomic mass is 32.1. The van der Waals surface area contributed by atoms with E-state index < -0.39 is 5.97 Å². The smallest absolute Gasteiger partial charge is 0.335 e. The first kappa shape index (κ1) is 18.7. The van der Waals surface area contributed by atoms with E-state index in [0.717, 1.165) is 23.1 Å². The van der Waals surface area contributed by atoms with Crippen molar-refractivity contribution in [2.75, 3.05) is 31.2 Å². The molecule has 0 radical (unpaired) electrons. The number of aromatic carboxylic acids is 1. The number of benzene rings is 1. The highest BCUT2D eigenvalue weighted by Gasteiger charge is 2.20. The van der Waals surface area contributed by atoms with E-state index in [0.29, 0.717) is 54.5 Å². The first-order chi connectivity index (χ1) is 13.6. The van der Waals surface area contributed by atoms with Crippen molar-refractivity contribution in [3.8, 4) is 11.1 Å². The lowest BCUT2D eigenvalue weighted by Gasteiger charge is -2.27. The van der Waals surface area contributed by atoms with E-state index in [2.05, 4.69) is 0 Å². The summed E-state index contributed by atoms with van der Waals surface area (Å²) in [5.41, 5.74) is 3.03. The third-order valence-electron chi connectivity index (χ3n) is 4.92. The van der Waals surface area contributed by atoms with Crippen LogP contribution in [0.15, 0.2) is 38.9 Å². The summed E-state index contributed by atoms with van der Waals surface area (Å²) in [6, 6.07) is 6.97. The molecule has 1 saturated heterocycles. The second kappa shape index (κ2) is 7.77. The summed E-state index contributed by atoms with van der Waals surface area (Å²) in [4.78, 5) is 26.3. The van der Waals surface area contributed by atoms with Gasteiger partial charge in [-0.15, -0.1) is 11.3 Å². The molecule has 0 bridgehead atoms. The molecule has 0 saturated carbocycles. The molecule has 7 heteroatoms. The fraction of sp³-hybridized carbons (Fsp3) is 0.333. The van der Waals surface area contributed by atoms with Gasteiger partial charge in [0, 0.05) is 30.1 Å².